The average Bonchev–Trinajstić information content (AvgIpc) is 3.27. The molecule has 0 aliphatic rings. The van der Waals surface area contributed by atoms with Crippen molar-refractivity contribution in [2.24, 2.45) is 17.8 Å². The first-order valence-corrected chi connectivity index (χ1v) is 28.2. The van der Waals surface area contributed by atoms with Crippen molar-refractivity contribution in [3.05, 3.63) is 0 Å². The van der Waals surface area contributed by atoms with Crippen LogP contribution in [0.15, 0.2) is 0 Å². The van der Waals surface area contributed by atoms with Crippen LogP contribution in [0.25, 0.3) is 0 Å². The molecule has 0 heterocycles. The lowest BCUT2D eigenvalue weighted by molar-refractivity contribution is -0.167. The molecule has 2 unspecified atom stereocenters. The van der Waals surface area contributed by atoms with Crippen LogP contribution in [-0.4, -0.2) is 37.2 Å². The molecule has 0 rings (SSSR count). The highest BCUT2D eigenvalue weighted by Crippen LogP contribution is 2.19. The number of hydrogen-bond donors (Lipinski definition) is 0. The van der Waals surface area contributed by atoms with Gasteiger partial charge in [0.2, 0.25) is 0 Å². The van der Waals surface area contributed by atoms with Gasteiger partial charge in [-0.05, 0) is 37.0 Å². The first kappa shape index (κ1) is 61.4. The van der Waals surface area contributed by atoms with Crippen molar-refractivity contribution < 1.29 is 28.6 Å². The zero-order valence-electron chi connectivity index (χ0n) is 43.4. The fraction of sp³-hybridized carbons (Fsp3) is 0.947. The molecule has 0 aromatic rings. The van der Waals surface area contributed by atoms with Gasteiger partial charge in [0, 0.05) is 19.3 Å². The minimum atomic E-state index is -0.764. The van der Waals surface area contributed by atoms with Gasteiger partial charge in [0.25, 0.3) is 0 Å². The van der Waals surface area contributed by atoms with E-state index < -0.39 is 6.10 Å². The van der Waals surface area contributed by atoms with E-state index in [1.807, 2.05) is 0 Å². The molecule has 6 heteroatoms. The molecule has 0 spiro atoms. The van der Waals surface area contributed by atoms with Crippen LogP contribution < -0.4 is 0 Å². The highest BCUT2D eigenvalue weighted by molar-refractivity contribution is 5.71. The molecule has 0 saturated carbocycles. The minimum Gasteiger partial charge on any atom is -0.462 e. The van der Waals surface area contributed by atoms with E-state index in [1.165, 1.54) is 193 Å². The summed E-state index contributed by atoms with van der Waals surface area (Å²) in [5.74, 6) is 1.69. The van der Waals surface area contributed by atoms with Gasteiger partial charge in [-0.25, -0.2) is 0 Å². The van der Waals surface area contributed by atoms with Crippen LogP contribution in [0.5, 0.6) is 0 Å². The summed E-state index contributed by atoms with van der Waals surface area (Å²) in [7, 11) is 0. The third-order valence-electron chi connectivity index (χ3n) is 13.6. The fourth-order valence-corrected chi connectivity index (χ4v) is 8.58. The van der Waals surface area contributed by atoms with Crippen molar-refractivity contribution in [1.29, 1.82) is 0 Å². The predicted octanol–water partition coefficient (Wildman–Crippen LogP) is 18.3. The Morgan fingerprint density at radius 1 is 0.317 bits per heavy atom. The topological polar surface area (TPSA) is 78.9 Å². The summed E-state index contributed by atoms with van der Waals surface area (Å²) in [6.07, 6.45) is 49.6. The Kier molecular flexibility index (Phi) is 47.1. The Balaban J connectivity index is 4.22. The average molecular weight is 892 g/mol. The lowest BCUT2D eigenvalue weighted by atomic mass is 9.99. The van der Waals surface area contributed by atoms with Crippen molar-refractivity contribution in [2.45, 2.75) is 317 Å². The van der Waals surface area contributed by atoms with E-state index in [9.17, 15) is 14.4 Å². The summed E-state index contributed by atoms with van der Waals surface area (Å²) < 4.78 is 16.8. The second-order valence-electron chi connectivity index (χ2n) is 20.5. The molecule has 6 nitrogen and oxygen atoms in total. The third kappa shape index (κ3) is 48.2. The molecule has 63 heavy (non-hydrogen) atoms. The fourth-order valence-electron chi connectivity index (χ4n) is 8.58. The smallest absolute Gasteiger partial charge is 0.306 e. The van der Waals surface area contributed by atoms with Crippen molar-refractivity contribution in [3.8, 4) is 0 Å². The zero-order chi connectivity index (χ0) is 46.3. The molecular formula is C57H110O6. The maximum absolute atomic E-state index is 12.8. The number of rotatable bonds is 50. The molecule has 0 aromatic carbocycles. The van der Waals surface area contributed by atoms with Crippen LogP contribution in [-0.2, 0) is 28.6 Å². The maximum Gasteiger partial charge on any atom is 0.306 e. The Hall–Kier alpha value is -1.59. The molecule has 374 valence electrons. The van der Waals surface area contributed by atoms with Crippen LogP contribution in [0.2, 0.25) is 0 Å². The van der Waals surface area contributed by atoms with E-state index in [2.05, 4.69) is 41.5 Å². The second-order valence-corrected chi connectivity index (χ2v) is 20.5. The molecular weight excluding hydrogens is 781 g/mol. The van der Waals surface area contributed by atoms with Crippen molar-refractivity contribution >= 4 is 17.9 Å². The maximum atomic E-state index is 12.8. The van der Waals surface area contributed by atoms with E-state index in [1.54, 1.807) is 0 Å². The van der Waals surface area contributed by atoms with Crippen LogP contribution in [0.1, 0.15) is 311 Å². The van der Waals surface area contributed by atoms with E-state index in [0.717, 1.165) is 75.5 Å². The second kappa shape index (κ2) is 48.3. The SMILES string of the molecule is CCC(C)CCCCCCCCCCCCCCCCCCCCC(=O)O[C@@H](COC(=O)CCCCCCCCCCCCC(C)C)COC(=O)CCCCCCCCC(C)CC. The van der Waals surface area contributed by atoms with Crippen molar-refractivity contribution in [1.82, 2.24) is 0 Å². The number of hydrogen-bond acceptors (Lipinski definition) is 6. The van der Waals surface area contributed by atoms with Gasteiger partial charge >= 0.3 is 17.9 Å². The molecule has 0 N–H and O–H groups in total. The van der Waals surface area contributed by atoms with E-state index in [0.29, 0.717) is 19.3 Å². The Bertz CT molecular complexity index is 980. The van der Waals surface area contributed by atoms with Gasteiger partial charge in [-0.2, -0.15) is 0 Å². The Morgan fingerprint density at radius 3 is 0.825 bits per heavy atom. The molecule has 0 bridgehead atoms. The predicted molar refractivity (Wildman–Crippen MR) is 270 cm³/mol. The first-order valence-electron chi connectivity index (χ1n) is 28.2. The summed E-state index contributed by atoms with van der Waals surface area (Å²) in [5, 5.41) is 0. The van der Waals surface area contributed by atoms with E-state index in [4.69, 9.17) is 14.2 Å². The summed E-state index contributed by atoms with van der Waals surface area (Å²) in [4.78, 5) is 38.0. The highest BCUT2D eigenvalue weighted by atomic mass is 16.6. The molecule has 0 amide bonds. The van der Waals surface area contributed by atoms with Gasteiger partial charge in [0.1, 0.15) is 13.2 Å². The van der Waals surface area contributed by atoms with Gasteiger partial charge in [-0.1, -0.05) is 273 Å². The number of carbonyl (C=O) groups excluding carboxylic acids is 3. The van der Waals surface area contributed by atoms with Gasteiger partial charge in [-0.3, -0.25) is 14.4 Å². The Morgan fingerprint density at radius 2 is 0.556 bits per heavy atom. The molecule has 0 aromatic heterocycles. The normalized spacial score (nSPS) is 13.0. The number of unbranched alkanes of at least 4 members (excludes halogenated alkanes) is 31. The van der Waals surface area contributed by atoms with Gasteiger partial charge < -0.3 is 14.2 Å². The molecule has 3 atom stereocenters. The summed E-state index contributed by atoms with van der Waals surface area (Å²) >= 11 is 0. The van der Waals surface area contributed by atoms with Crippen molar-refractivity contribution in [2.75, 3.05) is 13.2 Å². The van der Waals surface area contributed by atoms with Gasteiger partial charge in [0.05, 0.1) is 0 Å². The van der Waals surface area contributed by atoms with Crippen LogP contribution in [0.3, 0.4) is 0 Å². The highest BCUT2D eigenvalue weighted by Gasteiger charge is 2.19. The van der Waals surface area contributed by atoms with Crippen LogP contribution in [0, 0.1) is 17.8 Å². The largest absolute Gasteiger partial charge is 0.462 e. The lowest BCUT2D eigenvalue weighted by Crippen LogP contribution is -2.30. The van der Waals surface area contributed by atoms with Gasteiger partial charge in [-0.15, -0.1) is 0 Å². The molecule has 0 fully saturated rings. The zero-order valence-corrected chi connectivity index (χ0v) is 43.4. The quantitative estimate of drug-likeness (QED) is 0.0344. The molecule has 0 aliphatic heterocycles. The lowest BCUT2D eigenvalue weighted by Gasteiger charge is -2.18. The molecule has 0 aliphatic carbocycles. The number of ether oxygens (including phenoxy) is 3. The monoisotopic (exact) mass is 891 g/mol. The van der Waals surface area contributed by atoms with Crippen LogP contribution >= 0.6 is 0 Å². The van der Waals surface area contributed by atoms with E-state index in [-0.39, 0.29) is 31.1 Å². The Labute approximate surface area is 393 Å². The molecule has 0 radical (unpaired) electrons. The molecule has 0 saturated heterocycles. The third-order valence-corrected chi connectivity index (χ3v) is 13.6. The van der Waals surface area contributed by atoms with Crippen LogP contribution in [0.4, 0.5) is 0 Å². The standard InChI is InChI=1S/C57H110O6/c1-7-52(5)44-38-32-26-22-17-15-13-11-9-10-12-14-16-18-24-28-36-42-48-57(60)63-54(50-62-56(59)47-41-35-30-29-33-39-45-53(6)8-2)49-61-55(58)46-40-34-27-23-20-19-21-25-31-37-43-51(3)4/h51-54H,7-50H2,1-6H3/t52?,53?,54-/m0/s1. The van der Waals surface area contributed by atoms with Crippen molar-refractivity contribution in [3.63, 3.8) is 0 Å². The minimum absolute atomic E-state index is 0.0650. The summed E-state index contributed by atoms with van der Waals surface area (Å²) in [6.45, 7) is 13.8. The first-order chi connectivity index (χ1) is 30.7. The summed E-state index contributed by atoms with van der Waals surface area (Å²) in [5.41, 5.74) is 0. The summed E-state index contributed by atoms with van der Waals surface area (Å²) in [6, 6.07) is 0. The number of carbonyl (C=O) groups is 3. The van der Waals surface area contributed by atoms with E-state index >= 15 is 0 Å². The van der Waals surface area contributed by atoms with Gasteiger partial charge in [0.15, 0.2) is 6.10 Å². The number of esters is 3.